The molecule has 2 aromatic rings. The Balaban J connectivity index is 0.00000243. The van der Waals surface area contributed by atoms with Crippen molar-refractivity contribution in [3.63, 3.8) is 0 Å². The lowest BCUT2D eigenvalue weighted by Gasteiger charge is -2.39. The van der Waals surface area contributed by atoms with Crippen molar-refractivity contribution < 1.29 is 21.5 Å². The van der Waals surface area contributed by atoms with Gasteiger partial charge in [0.2, 0.25) is 5.13 Å². The number of thiazole rings is 1. The van der Waals surface area contributed by atoms with Gasteiger partial charge < -0.3 is 26.4 Å². The van der Waals surface area contributed by atoms with Crippen LogP contribution in [0.25, 0.3) is 0 Å². The Labute approximate surface area is 171 Å². The van der Waals surface area contributed by atoms with Gasteiger partial charge in [-0.3, -0.25) is 0 Å². The van der Waals surface area contributed by atoms with Gasteiger partial charge in [0, 0.05) is 23.8 Å². The molecule has 0 spiro atoms. The number of halogens is 1. The van der Waals surface area contributed by atoms with E-state index in [0.29, 0.717) is 5.13 Å². The first-order chi connectivity index (χ1) is 12.2. The van der Waals surface area contributed by atoms with Crippen LogP contribution in [0.1, 0.15) is 26.2 Å². The summed E-state index contributed by atoms with van der Waals surface area (Å²) < 4.78 is 1.22. The molecule has 1 aliphatic rings. The maximum Gasteiger partial charge on any atom is 0.229 e. The van der Waals surface area contributed by atoms with Crippen LogP contribution in [-0.2, 0) is 0 Å². The number of benzene rings is 1. The molecule has 1 aliphatic heterocycles. The first-order valence-corrected chi connectivity index (χ1v) is 10.1. The summed E-state index contributed by atoms with van der Waals surface area (Å²) in [4.78, 5) is 6.57. The molecule has 0 aliphatic carbocycles. The van der Waals surface area contributed by atoms with Crippen LogP contribution >= 0.6 is 11.3 Å². The summed E-state index contributed by atoms with van der Waals surface area (Å²) in [6.07, 6.45) is 5.90. The van der Waals surface area contributed by atoms with Gasteiger partial charge in [-0.2, -0.15) is 0 Å². The highest BCUT2D eigenvalue weighted by atomic mass is 79.9. The maximum absolute atomic E-state index is 4.26. The third-order valence-corrected chi connectivity index (χ3v) is 5.73. The van der Waals surface area contributed by atoms with E-state index in [4.69, 9.17) is 0 Å². The Morgan fingerprint density at radius 1 is 1.12 bits per heavy atom. The van der Waals surface area contributed by atoms with Gasteiger partial charge in [0.1, 0.15) is 0 Å². The first kappa shape index (κ1) is 21.0. The number of nitrogens with zero attached hydrogens (tertiary/aromatic N) is 5. The van der Waals surface area contributed by atoms with Gasteiger partial charge in [-0.1, -0.05) is 0 Å². The smallest absolute Gasteiger partial charge is 0.229 e. The fourth-order valence-corrected chi connectivity index (χ4v) is 3.88. The van der Waals surface area contributed by atoms with Gasteiger partial charge in [0.25, 0.3) is 0 Å². The van der Waals surface area contributed by atoms with E-state index in [1.165, 1.54) is 60.4 Å². The number of quaternary nitrogens is 1. The molecule has 0 saturated carbocycles. The van der Waals surface area contributed by atoms with Crippen molar-refractivity contribution in [2.75, 3.05) is 44.7 Å². The van der Waals surface area contributed by atoms with Crippen molar-refractivity contribution in [1.82, 2.24) is 4.98 Å². The predicted octanol–water partition coefficient (Wildman–Crippen LogP) is 2.02. The molecule has 142 valence electrons. The average Bonchev–Trinajstić information content (AvgIpc) is 3.16. The van der Waals surface area contributed by atoms with Crippen LogP contribution in [0.15, 0.2) is 46.1 Å². The Morgan fingerprint density at radius 2 is 1.85 bits per heavy atom. The number of anilines is 1. The zero-order valence-electron chi connectivity index (χ0n) is 15.6. The zero-order valence-corrected chi connectivity index (χ0v) is 18.0. The molecule has 3 rings (SSSR count). The van der Waals surface area contributed by atoms with E-state index < -0.39 is 0 Å². The quantitative estimate of drug-likeness (QED) is 0.490. The largest absolute Gasteiger partial charge is 1.00 e. The second-order valence-electron chi connectivity index (χ2n) is 6.96. The number of likely N-dealkylation sites (tertiary alicyclic amines) is 1. The highest BCUT2D eigenvalue weighted by Gasteiger charge is 2.25. The lowest BCUT2D eigenvalue weighted by molar-refractivity contribution is -0.912. The van der Waals surface area contributed by atoms with Gasteiger partial charge in [0.15, 0.2) is 0 Å². The van der Waals surface area contributed by atoms with Crippen LogP contribution in [0.4, 0.5) is 16.5 Å². The Hall–Kier alpha value is -1.31. The van der Waals surface area contributed by atoms with E-state index >= 15 is 0 Å². The average molecular weight is 438 g/mol. The molecule has 7 heteroatoms. The van der Waals surface area contributed by atoms with E-state index in [1.807, 2.05) is 17.5 Å². The molecule has 0 radical (unpaired) electrons. The van der Waals surface area contributed by atoms with Crippen molar-refractivity contribution in [2.24, 2.45) is 10.2 Å². The van der Waals surface area contributed by atoms with E-state index in [-0.39, 0.29) is 17.0 Å². The normalized spacial score (nSPS) is 16.4. The van der Waals surface area contributed by atoms with Gasteiger partial charge in [-0.25, -0.2) is 4.98 Å². The van der Waals surface area contributed by atoms with Crippen LogP contribution in [-0.4, -0.2) is 49.2 Å². The SMILES string of the molecule is CCN(CC[N+]1(C)CCCCC1)c1ccc(N=Nc2nccs2)cc1.[Br-]. The topological polar surface area (TPSA) is 40.9 Å². The lowest BCUT2D eigenvalue weighted by Crippen LogP contribution is -3.00. The van der Waals surface area contributed by atoms with Gasteiger partial charge in [-0.15, -0.1) is 21.6 Å². The highest BCUT2D eigenvalue weighted by Crippen LogP contribution is 2.24. The summed E-state index contributed by atoms with van der Waals surface area (Å²) >= 11 is 1.49. The van der Waals surface area contributed by atoms with Gasteiger partial charge in [0.05, 0.1) is 38.9 Å². The van der Waals surface area contributed by atoms with Crippen LogP contribution in [0.3, 0.4) is 0 Å². The monoisotopic (exact) mass is 437 g/mol. The summed E-state index contributed by atoms with van der Waals surface area (Å²) in [7, 11) is 2.41. The van der Waals surface area contributed by atoms with Crippen LogP contribution in [0.5, 0.6) is 0 Å². The molecular formula is C19H28BrN5S. The third kappa shape index (κ3) is 5.86. The number of rotatable bonds is 7. The Morgan fingerprint density at radius 3 is 2.46 bits per heavy atom. The molecule has 1 saturated heterocycles. The van der Waals surface area contributed by atoms with E-state index in [1.54, 1.807) is 6.20 Å². The van der Waals surface area contributed by atoms with Crippen molar-refractivity contribution in [3.05, 3.63) is 35.8 Å². The van der Waals surface area contributed by atoms with E-state index in [9.17, 15) is 0 Å². The first-order valence-electron chi connectivity index (χ1n) is 9.18. The molecule has 5 nitrogen and oxygen atoms in total. The minimum atomic E-state index is 0. The number of piperidine rings is 1. The number of aromatic nitrogens is 1. The summed E-state index contributed by atoms with van der Waals surface area (Å²) in [5, 5.41) is 11.0. The molecule has 2 heterocycles. The minimum Gasteiger partial charge on any atom is -1.00 e. The summed E-state index contributed by atoms with van der Waals surface area (Å²) in [6.45, 7) is 8.24. The Bertz CT molecular complexity index is 666. The third-order valence-electron chi connectivity index (χ3n) is 5.07. The molecule has 0 atom stereocenters. The number of hydrogen-bond donors (Lipinski definition) is 0. The molecule has 0 N–H and O–H groups in total. The Kier molecular flexibility index (Phi) is 8.18. The van der Waals surface area contributed by atoms with Crippen molar-refractivity contribution in [1.29, 1.82) is 0 Å². The number of hydrogen-bond acceptors (Lipinski definition) is 5. The second kappa shape index (κ2) is 10.1. The summed E-state index contributed by atoms with van der Waals surface area (Å²) in [5.41, 5.74) is 2.13. The van der Waals surface area contributed by atoms with Crippen LogP contribution in [0, 0.1) is 0 Å². The zero-order chi connectivity index (χ0) is 17.5. The van der Waals surface area contributed by atoms with E-state index in [2.05, 4.69) is 46.2 Å². The predicted molar refractivity (Wildman–Crippen MR) is 105 cm³/mol. The van der Waals surface area contributed by atoms with Gasteiger partial charge >= 0.3 is 0 Å². The van der Waals surface area contributed by atoms with Crippen molar-refractivity contribution in [2.45, 2.75) is 26.2 Å². The molecule has 0 bridgehead atoms. The van der Waals surface area contributed by atoms with Crippen LogP contribution in [0.2, 0.25) is 0 Å². The van der Waals surface area contributed by atoms with E-state index in [0.717, 1.165) is 18.8 Å². The lowest BCUT2D eigenvalue weighted by atomic mass is 10.1. The minimum absolute atomic E-state index is 0. The molecular weight excluding hydrogens is 410 g/mol. The fourth-order valence-electron chi connectivity index (χ4n) is 3.43. The molecule has 1 aromatic carbocycles. The molecule has 1 fully saturated rings. The fraction of sp³-hybridized carbons (Fsp3) is 0.526. The molecule has 26 heavy (non-hydrogen) atoms. The number of likely N-dealkylation sites (N-methyl/N-ethyl adjacent to an activating group) is 2. The molecule has 1 aromatic heterocycles. The summed E-state index contributed by atoms with van der Waals surface area (Å²) in [6, 6.07) is 8.37. The van der Waals surface area contributed by atoms with Crippen LogP contribution < -0.4 is 21.9 Å². The highest BCUT2D eigenvalue weighted by molar-refractivity contribution is 7.13. The summed E-state index contributed by atoms with van der Waals surface area (Å²) in [5.74, 6) is 0. The van der Waals surface area contributed by atoms with Gasteiger partial charge in [-0.05, 0) is 50.5 Å². The van der Waals surface area contributed by atoms with Crippen molar-refractivity contribution in [3.8, 4) is 0 Å². The van der Waals surface area contributed by atoms with Crippen molar-refractivity contribution >= 4 is 27.8 Å². The molecule has 0 amide bonds. The second-order valence-corrected chi connectivity index (χ2v) is 7.83. The maximum atomic E-state index is 4.26. The molecule has 0 unspecified atom stereocenters. The standard InChI is InChI=1S/C19H28N5S.BrH/c1-3-23(12-15-24(2)13-5-4-6-14-24)18-9-7-17(8-10-18)21-22-19-20-11-16-25-19;/h7-11,16H,3-6,12-15H2,1-2H3;1H/q+1;/p-1. The number of azo groups is 1.